The van der Waals surface area contributed by atoms with E-state index in [1.54, 1.807) is 0 Å². The summed E-state index contributed by atoms with van der Waals surface area (Å²) in [5.74, 6) is 1.85. The fraction of sp³-hybridized carbons (Fsp3) is 0.529. The van der Waals surface area contributed by atoms with Crippen LogP contribution >= 0.6 is 0 Å². The molecule has 1 fully saturated rings. The summed E-state index contributed by atoms with van der Waals surface area (Å²) in [6.45, 7) is 5.33. The molecule has 0 aliphatic heterocycles. The molecule has 21 heavy (non-hydrogen) atoms. The summed E-state index contributed by atoms with van der Waals surface area (Å²) >= 11 is 0. The molecule has 1 aromatic carbocycles. The molecule has 0 radical (unpaired) electrons. The highest BCUT2D eigenvalue weighted by molar-refractivity contribution is 5.54. The fourth-order valence-electron chi connectivity index (χ4n) is 3.04. The van der Waals surface area contributed by atoms with Crippen LogP contribution in [0.3, 0.4) is 0 Å². The SMILES string of the molecule is CCCNC1CCCC1c1nc(-c2ccc(C)cc2)no1. The second-order valence-corrected chi connectivity index (χ2v) is 5.92. The number of nitrogens with zero attached hydrogens (tertiary/aromatic N) is 2. The molecule has 1 aliphatic carbocycles. The minimum absolute atomic E-state index is 0.364. The van der Waals surface area contributed by atoms with Crippen molar-refractivity contribution in [3.05, 3.63) is 35.7 Å². The smallest absolute Gasteiger partial charge is 0.231 e. The van der Waals surface area contributed by atoms with Crippen molar-refractivity contribution in [1.29, 1.82) is 0 Å². The summed E-state index contributed by atoms with van der Waals surface area (Å²) in [6, 6.07) is 8.73. The van der Waals surface area contributed by atoms with Gasteiger partial charge in [-0.3, -0.25) is 0 Å². The van der Waals surface area contributed by atoms with E-state index in [1.165, 1.54) is 18.4 Å². The molecule has 0 spiro atoms. The van der Waals surface area contributed by atoms with Gasteiger partial charge in [-0.1, -0.05) is 48.3 Å². The third kappa shape index (κ3) is 3.16. The van der Waals surface area contributed by atoms with Crippen LogP contribution in [-0.4, -0.2) is 22.7 Å². The first kappa shape index (κ1) is 14.3. The normalized spacial score (nSPS) is 21.8. The first-order valence-electron chi connectivity index (χ1n) is 7.92. The van der Waals surface area contributed by atoms with E-state index >= 15 is 0 Å². The lowest BCUT2D eigenvalue weighted by molar-refractivity contribution is 0.330. The van der Waals surface area contributed by atoms with E-state index in [0.29, 0.717) is 17.8 Å². The second kappa shape index (κ2) is 6.39. The minimum Gasteiger partial charge on any atom is -0.339 e. The molecule has 4 nitrogen and oxygen atoms in total. The van der Waals surface area contributed by atoms with Crippen LogP contribution < -0.4 is 5.32 Å². The maximum atomic E-state index is 5.54. The minimum atomic E-state index is 0.364. The van der Waals surface area contributed by atoms with Gasteiger partial charge in [0.05, 0.1) is 5.92 Å². The molecular formula is C17H23N3O. The van der Waals surface area contributed by atoms with Crippen LogP contribution in [0, 0.1) is 6.92 Å². The van der Waals surface area contributed by atoms with Gasteiger partial charge in [0.1, 0.15) is 0 Å². The number of aryl methyl sites for hydroxylation is 1. The molecule has 0 amide bonds. The monoisotopic (exact) mass is 285 g/mol. The van der Waals surface area contributed by atoms with Crippen LogP contribution in [0.1, 0.15) is 50.0 Å². The Bertz CT molecular complexity index is 576. The third-order valence-corrected chi connectivity index (χ3v) is 4.24. The molecule has 1 saturated carbocycles. The number of nitrogens with one attached hydrogen (secondary N) is 1. The number of benzene rings is 1. The van der Waals surface area contributed by atoms with Gasteiger partial charge in [-0.25, -0.2) is 0 Å². The summed E-state index contributed by atoms with van der Waals surface area (Å²) in [4.78, 5) is 4.63. The van der Waals surface area contributed by atoms with E-state index in [-0.39, 0.29) is 0 Å². The Morgan fingerprint density at radius 2 is 2.05 bits per heavy atom. The zero-order valence-corrected chi connectivity index (χ0v) is 12.8. The third-order valence-electron chi connectivity index (χ3n) is 4.24. The lowest BCUT2D eigenvalue weighted by Crippen LogP contribution is -2.31. The van der Waals surface area contributed by atoms with E-state index < -0.39 is 0 Å². The van der Waals surface area contributed by atoms with Gasteiger partial charge < -0.3 is 9.84 Å². The zero-order chi connectivity index (χ0) is 14.7. The lowest BCUT2D eigenvalue weighted by Gasteiger charge is -2.17. The maximum Gasteiger partial charge on any atom is 0.231 e. The van der Waals surface area contributed by atoms with Crippen molar-refractivity contribution in [2.45, 2.75) is 51.5 Å². The molecule has 2 unspecified atom stereocenters. The van der Waals surface area contributed by atoms with Gasteiger partial charge in [0.15, 0.2) is 0 Å². The standard InChI is InChI=1S/C17H23N3O/c1-3-11-18-15-6-4-5-14(15)17-19-16(20-21-17)13-9-7-12(2)8-10-13/h7-10,14-15,18H,3-6,11H2,1-2H3. The molecule has 2 aromatic rings. The van der Waals surface area contributed by atoms with Gasteiger partial charge in [0.2, 0.25) is 11.7 Å². The molecule has 1 N–H and O–H groups in total. The van der Waals surface area contributed by atoms with Gasteiger partial charge in [-0.2, -0.15) is 4.98 Å². The van der Waals surface area contributed by atoms with E-state index in [9.17, 15) is 0 Å². The van der Waals surface area contributed by atoms with Crippen molar-refractivity contribution >= 4 is 0 Å². The van der Waals surface area contributed by atoms with Crippen molar-refractivity contribution < 1.29 is 4.52 Å². The van der Waals surface area contributed by atoms with E-state index in [0.717, 1.165) is 30.8 Å². The van der Waals surface area contributed by atoms with E-state index in [2.05, 4.69) is 41.4 Å². The summed E-state index contributed by atoms with van der Waals surface area (Å²) in [6.07, 6.45) is 4.72. The first-order chi connectivity index (χ1) is 10.3. The number of hydrogen-bond donors (Lipinski definition) is 1. The van der Waals surface area contributed by atoms with Gasteiger partial charge in [-0.15, -0.1) is 0 Å². The predicted molar refractivity (Wildman–Crippen MR) is 83.1 cm³/mol. The second-order valence-electron chi connectivity index (χ2n) is 5.92. The number of hydrogen-bond acceptors (Lipinski definition) is 4. The Morgan fingerprint density at radius 3 is 2.81 bits per heavy atom. The summed E-state index contributed by atoms with van der Waals surface area (Å²) < 4.78 is 5.54. The van der Waals surface area contributed by atoms with Gasteiger partial charge in [0, 0.05) is 11.6 Å². The summed E-state index contributed by atoms with van der Waals surface area (Å²) in [5.41, 5.74) is 2.26. The van der Waals surface area contributed by atoms with Crippen molar-refractivity contribution in [2.24, 2.45) is 0 Å². The number of aromatic nitrogens is 2. The van der Waals surface area contributed by atoms with Crippen LogP contribution in [0.15, 0.2) is 28.8 Å². The Hall–Kier alpha value is -1.68. The summed E-state index contributed by atoms with van der Waals surface area (Å²) in [5, 5.41) is 7.77. The Kier molecular flexibility index (Phi) is 4.34. The van der Waals surface area contributed by atoms with E-state index in [1.807, 2.05) is 12.1 Å². The Morgan fingerprint density at radius 1 is 1.24 bits per heavy atom. The lowest BCUT2D eigenvalue weighted by atomic mass is 10.0. The van der Waals surface area contributed by atoms with Gasteiger partial charge in [0.25, 0.3) is 0 Å². The molecule has 3 rings (SSSR count). The molecule has 1 aromatic heterocycles. The van der Waals surface area contributed by atoms with Crippen molar-refractivity contribution in [3.63, 3.8) is 0 Å². The molecule has 0 saturated heterocycles. The molecule has 1 heterocycles. The molecule has 2 atom stereocenters. The molecule has 0 bridgehead atoms. The molecule has 1 aliphatic rings. The van der Waals surface area contributed by atoms with Gasteiger partial charge >= 0.3 is 0 Å². The molecular weight excluding hydrogens is 262 g/mol. The van der Waals surface area contributed by atoms with Crippen LogP contribution in [0.4, 0.5) is 0 Å². The molecule has 4 heteroatoms. The largest absolute Gasteiger partial charge is 0.339 e. The molecule has 112 valence electrons. The van der Waals surface area contributed by atoms with Crippen LogP contribution in [0.25, 0.3) is 11.4 Å². The first-order valence-corrected chi connectivity index (χ1v) is 7.92. The average Bonchev–Trinajstić information content (AvgIpc) is 3.14. The predicted octanol–water partition coefficient (Wildman–Crippen LogP) is 3.68. The van der Waals surface area contributed by atoms with Crippen molar-refractivity contribution in [2.75, 3.05) is 6.54 Å². The average molecular weight is 285 g/mol. The highest BCUT2D eigenvalue weighted by Gasteiger charge is 2.32. The maximum absolute atomic E-state index is 5.54. The highest BCUT2D eigenvalue weighted by atomic mass is 16.5. The van der Waals surface area contributed by atoms with Crippen molar-refractivity contribution in [3.8, 4) is 11.4 Å². The van der Waals surface area contributed by atoms with Crippen LogP contribution in [-0.2, 0) is 0 Å². The quantitative estimate of drug-likeness (QED) is 0.910. The topological polar surface area (TPSA) is 51.0 Å². The van der Waals surface area contributed by atoms with Crippen LogP contribution in [0.5, 0.6) is 0 Å². The van der Waals surface area contributed by atoms with E-state index in [4.69, 9.17) is 4.52 Å². The highest BCUT2D eigenvalue weighted by Crippen LogP contribution is 2.34. The van der Waals surface area contributed by atoms with Crippen molar-refractivity contribution in [1.82, 2.24) is 15.5 Å². The Labute approximate surface area is 126 Å². The fourth-order valence-corrected chi connectivity index (χ4v) is 3.04. The summed E-state index contributed by atoms with van der Waals surface area (Å²) in [7, 11) is 0. The zero-order valence-electron chi connectivity index (χ0n) is 12.8. The van der Waals surface area contributed by atoms with Gasteiger partial charge in [-0.05, 0) is 32.7 Å². The Balaban J connectivity index is 1.76. The van der Waals surface area contributed by atoms with Crippen LogP contribution in [0.2, 0.25) is 0 Å². The number of rotatable bonds is 5.